The first-order chi connectivity index (χ1) is 14.4. The molecule has 0 radical (unpaired) electrons. The Morgan fingerprint density at radius 1 is 1.17 bits per heavy atom. The Balaban J connectivity index is 1.55. The SMILES string of the molecule is O=C(Nc1ccc(Cl)cc1)c1nnc(C2CCCN2S(=O)(=O)c2ccccc2F)s1. The predicted molar refractivity (Wildman–Crippen MR) is 112 cm³/mol. The van der Waals surface area contributed by atoms with E-state index >= 15 is 0 Å². The summed E-state index contributed by atoms with van der Waals surface area (Å²) in [6.45, 7) is 0.243. The van der Waals surface area contributed by atoms with Crippen LogP contribution in [-0.2, 0) is 10.0 Å². The van der Waals surface area contributed by atoms with E-state index in [9.17, 15) is 17.6 Å². The van der Waals surface area contributed by atoms with Gasteiger partial charge in [-0.3, -0.25) is 4.79 Å². The molecule has 1 amide bonds. The average Bonchev–Trinajstić information content (AvgIpc) is 3.39. The summed E-state index contributed by atoms with van der Waals surface area (Å²) in [5, 5.41) is 11.7. The van der Waals surface area contributed by atoms with E-state index in [0.717, 1.165) is 17.4 Å². The van der Waals surface area contributed by atoms with Crippen LogP contribution in [0.25, 0.3) is 0 Å². The minimum Gasteiger partial charge on any atom is -0.320 e. The highest BCUT2D eigenvalue weighted by molar-refractivity contribution is 7.89. The van der Waals surface area contributed by atoms with Crippen LogP contribution in [0, 0.1) is 5.82 Å². The van der Waals surface area contributed by atoms with Gasteiger partial charge in [0.15, 0.2) is 0 Å². The van der Waals surface area contributed by atoms with Gasteiger partial charge < -0.3 is 5.32 Å². The third-order valence-corrected chi connectivity index (χ3v) is 7.87. The number of amides is 1. The number of sulfonamides is 1. The second kappa shape index (κ2) is 8.38. The molecule has 1 saturated heterocycles. The third kappa shape index (κ3) is 4.08. The second-order valence-corrected chi connectivity index (χ2v) is 9.92. The van der Waals surface area contributed by atoms with Crippen molar-refractivity contribution in [3.63, 3.8) is 0 Å². The van der Waals surface area contributed by atoms with Crippen molar-refractivity contribution >= 4 is 44.6 Å². The fraction of sp³-hybridized carbons (Fsp3) is 0.211. The predicted octanol–water partition coefficient (Wildman–Crippen LogP) is 4.11. The summed E-state index contributed by atoms with van der Waals surface area (Å²) in [7, 11) is -4.05. The summed E-state index contributed by atoms with van der Waals surface area (Å²) in [4.78, 5) is 12.1. The molecule has 0 saturated carbocycles. The fourth-order valence-corrected chi connectivity index (χ4v) is 6.04. The number of rotatable bonds is 5. The van der Waals surface area contributed by atoms with Crippen LogP contribution < -0.4 is 5.32 Å². The van der Waals surface area contributed by atoms with Crippen LogP contribution in [0.5, 0.6) is 0 Å². The maximum Gasteiger partial charge on any atom is 0.286 e. The number of aromatic nitrogens is 2. The third-order valence-electron chi connectivity index (χ3n) is 4.65. The second-order valence-electron chi connectivity index (χ2n) is 6.61. The lowest BCUT2D eigenvalue weighted by molar-refractivity contribution is 0.102. The number of nitrogens with zero attached hydrogens (tertiary/aromatic N) is 3. The van der Waals surface area contributed by atoms with Gasteiger partial charge in [-0.2, -0.15) is 4.31 Å². The van der Waals surface area contributed by atoms with E-state index in [2.05, 4.69) is 15.5 Å². The first-order valence-corrected chi connectivity index (χ1v) is 11.7. The van der Waals surface area contributed by atoms with E-state index in [-0.39, 0.29) is 16.4 Å². The molecule has 1 unspecified atom stereocenters. The van der Waals surface area contributed by atoms with Crippen LogP contribution in [0.4, 0.5) is 10.1 Å². The van der Waals surface area contributed by atoms with E-state index in [0.29, 0.717) is 28.6 Å². The molecule has 1 aliphatic rings. The summed E-state index contributed by atoms with van der Waals surface area (Å²) in [6, 6.07) is 11.3. The van der Waals surface area contributed by atoms with Gasteiger partial charge in [0, 0.05) is 17.3 Å². The van der Waals surface area contributed by atoms with Crippen molar-refractivity contribution in [1.82, 2.24) is 14.5 Å². The minimum absolute atomic E-state index is 0.107. The molecule has 1 aromatic heterocycles. The minimum atomic E-state index is -4.05. The van der Waals surface area contributed by atoms with Crippen molar-refractivity contribution in [2.75, 3.05) is 11.9 Å². The molecule has 4 rings (SSSR count). The maximum atomic E-state index is 14.1. The first kappa shape index (κ1) is 20.9. The zero-order valence-corrected chi connectivity index (χ0v) is 17.8. The highest BCUT2D eigenvalue weighted by Gasteiger charge is 2.39. The average molecular weight is 467 g/mol. The van der Waals surface area contributed by atoms with Gasteiger partial charge >= 0.3 is 0 Å². The fourth-order valence-electron chi connectivity index (χ4n) is 3.23. The van der Waals surface area contributed by atoms with E-state index in [1.165, 1.54) is 22.5 Å². The molecule has 0 aliphatic carbocycles. The Hall–Kier alpha value is -2.40. The number of hydrogen-bond acceptors (Lipinski definition) is 6. The molecule has 7 nitrogen and oxygen atoms in total. The van der Waals surface area contributed by atoms with Gasteiger partial charge in [-0.1, -0.05) is 35.1 Å². The van der Waals surface area contributed by atoms with Crippen molar-refractivity contribution in [2.24, 2.45) is 0 Å². The molecule has 156 valence electrons. The van der Waals surface area contributed by atoms with Crippen molar-refractivity contribution in [2.45, 2.75) is 23.8 Å². The van der Waals surface area contributed by atoms with Crippen LogP contribution in [0.15, 0.2) is 53.4 Å². The largest absolute Gasteiger partial charge is 0.320 e. The highest BCUT2D eigenvalue weighted by Crippen LogP contribution is 2.38. The first-order valence-electron chi connectivity index (χ1n) is 9.03. The molecule has 11 heteroatoms. The standard InChI is InChI=1S/C19H16ClFN4O3S2/c20-12-7-9-13(10-8-12)22-17(26)19-24-23-18(29-19)15-5-3-11-25(15)30(27,28)16-6-2-1-4-14(16)21/h1-2,4,6-10,15H,3,5,11H2,(H,22,26). The van der Waals surface area contributed by atoms with Crippen LogP contribution >= 0.6 is 22.9 Å². The molecule has 1 fully saturated rings. The summed E-state index contributed by atoms with van der Waals surface area (Å²) in [5.74, 6) is -1.26. The molecule has 0 spiro atoms. The van der Waals surface area contributed by atoms with Crippen molar-refractivity contribution in [3.05, 3.63) is 69.4 Å². The van der Waals surface area contributed by atoms with Gasteiger partial charge in [0.05, 0.1) is 6.04 Å². The van der Waals surface area contributed by atoms with Gasteiger partial charge in [-0.05, 0) is 49.2 Å². The zero-order valence-electron chi connectivity index (χ0n) is 15.5. The van der Waals surface area contributed by atoms with Crippen molar-refractivity contribution in [1.29, 1.82) is 0 Å². The van der Waals surface area contributed by atoms with Crippen molar-refractivity contribution < 1.29 is 17.6 Å². The molecule has 2 heterocycles. The number of halogens is 2. The summed E-state index contributed by atoms with van der Waals surface area (Å²) >= 11 is 6.86. The molecule has 30 heavy (non-hydrogen) atoms. The van der Waals surface area contributed by atoms with Gasteiger partial charge in [-0.25, -0.2) is 12.8 Å². The molecule has 0 bridgehead atoms. The van der Waals surface area contributed by atoms with E-state index < -0.39 is 27.8 Å². The maximum absolute atomic E-state index is 14.1. The molecule has 3 aromatic rings. The summed E-state index contributed by atoms with van der Waals surface area (Å²) < 4.78 is 41.3. The Bertz CT molecular complexity index is 1180. The van der Waals surface area contributed by atoms with Crippen LogP contribution in [0.1, 0.15) is 33.7 Å². The van der Waals surface area contributed by atoms with Gasteiger partial charge in [0.25, 0.3) is 5.91 Å². The zero-order chi connectivity index (χ0) is 21.3. The van der Waals surface area contributed by atoms with E-state index in [4.69, 9.17) is 11.6 Å². The van der Waals surface area contributed by atoms with Crippen LogP contribution in [0.3, 0.4) is 0 Å². The lowest BCUT2D eigenvalue weighted by Gasteiger charge is -2.22. The molecular formula is C19H16ClFN4O3S2. The monoisotopic (exact) mass is 466 g/mol. The molecule has 1 atom stereocenters. The smallest absolute Gasteiger partial charge is 0.286 e. The molecule has 2 aromatic carbocycles. The number of carbonyl (C=O) groups is 1. The number of hydrogen-bond donors (Lipinski definition) is 1. The highest BCUT2D eigenvalue weighted by atomic mass is 35.5. The van der Waals surface area contributed by atoms with E-state index in [1.54, 1.807) is 24.3 Å². The number of nitrogens with one attached hydrogen (secondary N) is 1. The topological polar surface area (TPSA) is 92.3 Å². The van der Waals surface area contributed by atoms with Crippen molar-refractivity contribution in [3.8, 4) is 0 Å². The normalized spacial score (nSPS) is 17.2. The summed E-state index contributed by atoms with van der Waals surface area (Å²) in [5.41, 5.74) is 0.547. The van der Waals surface area contributed by atoms with Gasteiger partial charge in [0.1, 0.15) is 15.7 Å². The molecular weight excluding hydrogens is 451 g/mol. The Morgan fingerprint density at radius 3 is 2.63 bits per heavy atom. The Labute approximate surface area is 181 Å². The van der Waals surface area contributed by atoms with Gasteiger partial charge in [0.2, 0.25) is 15.0 Å². The quantitative estimate of drug-likeness (QED) is 0.611. The lowest BCUT2D eigenvalue weighted by Crippen LogP contribution is -2.31. The Morgan fingerprint density at radius 2 is 1.90 bits per heavy atom. The number of carbonyl (C=O) groups excluding carboxylic acids is 1. The summed E-state index contributed by atoms with van der Waals surface area (Å²) in [6.07, 6.45) is 1.12. The van der Waals surface area contributed by atoms with Crippen LogP contribution in [-0.4, -0.2) is 35.4 Å². The Kier molecular flexibility index (Phi) is 5.83. The molecule has 1 aliphatic heterocycles. The molecule has 1 N–H and O–H groups in total. The number of benzene rings is 2. The van der Waals surface area contributed by atoms with Crippen LogP contribution in [0.2, 0.25) is 5.02 Å². The lowest BCUT2D eigenvalue weighted by atomic mass is 10.2. The number of anilines is 1. The van der Waals surface area contributed by atoms with Gasteiger partial charge in [-0.15, -0.1) is 10.2 Å². The van der Waals surface area contributed by atoms with E-state index in [1.807, 2.05) is 0 Å².